The van der Waals surface area contributed by atoms with Crippen LogP contribution in [0.2, 0.25) is 5.02 Å². The largest absolute Gasteiger partial charge is 0.480 e. The second-order valence-electron chi connectivity index (χ2n) is 4.55. The van der Waals surface area contributed by atoms with Crippen LogP contribution in [0.1, 0.15) is 24.0 Å². The van der Waals surface area contributed by atoms with Gasteiger partial charge in [-0.3, -0.25) is 4.79 Å². The van der Waals surface area contributed by atoms with Crippen molar-refractivity contribution in [3.8, 4) is 0 Å². The van der Waals surface area contributed by atoms with Crippen molar-refractivity contribution in [2.45, 2.75) is 32.2 Å². The van der Waals surface area contributed by atoms with Gasteiger partial charge in [-0.05, 0) is 30.5 Å². The SMILES string of the molecule is Cc1ccc(CCC(=O)N[C@@H](CCO)C(=O)O)cc1Cl. The molecule has 6 heteroatoms. The lowest BCUT2D eigenvalue weighted by atomic mass is 10.1. The lowest BCUT2D eigenvalue weighted by Crippen LogP contribution is -2.41. The minimum atomic E-state index is -1.15. The molecule has 0 aromatic heterocycles. The van der Waals surface area contributed by atoms with E-state index < -0.39 is 12.0 Å². The number of carboxylic acid groups (broad SMARTS) is 1. The van der Waals surface area contributed by atoms with Gasteiger partial charge < -0.3 is 15.5 Å². The van der Waals surface area contributed by atoms with Crippen LogP contribution in [0.3, 0.4) is 0 Å². The minimum Gasteiger partial charge on any atom is -0.480 e. The van der Waals surface area contributed by atoms with Gasteiger partial charge >= 0.3 is 5.97 Å². The number of aliphatic carboxylic acids is 1. The molecule has 5 nitrogen and oxygen atoms in total. The molecule has 0 aliphatic carbocycles. The third kappa shape index (κ3) is 5.19. The van der Waals surface area contributed by atoms with E-state index in [0.717, 1.165) is 11.1 Å². The number of halogens is 1. The maximum atomic E-state index is 11.7. The lowest BCUT2D eigenvalue weighted by Gasteiger charge is -2.13. The number of aryl methyl sites for hydroxylation is 2. The Kier molecular flexibility index (Phi) is 6.48. The quantitative estimate of drug-likeness (QED) is 0.712. The van der Waals surface area contributed by atoms with Crippen LogP contribution in [0.15, 0.2) is 18.2 Å². The molecule has 20 heavy (non-hydrogen) atoms. The lowest BCUT2D eigenvalue weighted by molar-refractivity contribution is -0.142. The van der Waals surface area contributed by atoms with Crippen LogP contribution in [0, 0.1) is 6.92 Å². The fraction of sp³-hybridized carbons (Fsp3) is 0.429. The molecular formula is C14H18ClNO4. The van der Waals surface area contributed by atoms with Gasteiger partial charge in [-0.25, -0.2) is 4.79 Å². The van der Waals surface area contributed by atoms with Gasteiger partial charge in [0, 0.05) is 24.5 Å². The molecule has 0 unspecified atom stereocenters. The molecule has 0 fully saturated rings. The summed E-state index contributed by atoms with van der Waals surface area (Å²) in [7, 11) is 0. The van der Waals surface area contributed by atoms with Crippen molar-refractivity contribution in [2.24, 2.45) is 0 Å². The monoisotopic (exact) mass is 299 g/mol. The van der Waals surface area contributed by atoms with Crippen LogP contribution in [0.25, 0.3) is 0 Å². The molecule has 0 aliphatic heterocycles. The van der Waals surface area contributed by atoms with E-state index in [9.17, 15) is 9.59 Å². The Bertz CT molecular complexity index is 490. The maximum absolute atomic E-state index is 11.7. The first-order valence-corrected chi connectivity index (χ1v) is 6.70. The molecule has 0 saturated heterocycles. The number of nitrogens with one attached hydrogen (secondary N) is 1. The molecule has 1 atom stereocenters. The van der Waals surface area contributed by atoms with Crippen LogP contribution in [-0.4, -0.2) is 34.7 Å². The molecule has 0 aliphatic rings. The van der Waals surface area contributed by atoms with E-state index in [1.165, 1.54) is 0 Å². The molecule has 0 heterocycles. The zero-order valence-electron chi connectivity index (χ0n) is 11.2. The maximum Gasteiger partial charge on any atom is 0.326 e. The molecule has 0 spiro atoms. The zero-order valence-corrected chi connectivity index (χ0v) is 12.0. The average molecular weight is 300 g/mol. The van der Waals surface area contributed by atoms with Crippen LogP contribution >= 0.6 is 11.6 Å². The van der Waals surface area contributed by atoms with Gasteiger partial charge in [0.2, 0.25) is 5.91 Å². The van der Waals surface area contributed by atoms with Crippen LogP contribution < -0.4 is 5.32 Å². The summed E-state index contributed by atoms with van der Waals surface area (Å²) in [5, 5.41) is 20.6. The zero-order chi connectivity index (χ0) is 15.1. The summed E-state index contributed by atoms with van der Waals surface area (Å²) in [4.78, 5) is 22.5. The number of carboxylic acids is 1. The fourth-order valence-electron chi connectivity index (χ4n) is 1.70. The van der Waals surface area contributed by atoms with Crippen molar-refractivity contribution in [3.05, 3.63) is 34.3 Å². The van der Waals surface area contributed by atoms with E-state index in [1.54, 1.807) is 6.07 Å². The normalized spacial score (nSPS) is 11.9. The molecule has 110 valence electrons. The number of amides is 1. The van der Waals surface area contributed by atoms with Gasteiger partial charge in [-0.2, -0.15) is 0 Å². The highest BCUT2D eigenvalue weighted by molar-refractivity contribution is 6.31. The molecule has 0 radical (unpaired) electrons. The van der Waals surface area contributed by atoms with Crippen LogP contribution in [0.5, 0.6) is 0 Å². The second kappa shape index (κ2) is 7.87. The summed E-state index contributed by atoms with van der Waals surface area (Å²) < 4.78 is 0. The Morgan fingerprint density at radius 3 is 2.65 bits per heavy atom. The Hall–Kier alpha value is -1.59. The third-order valence-corrected chi connectivity index (χ3v) is 3.34. The number of rotatable bonds is 7. The summed E-state index contributed by atoms with van der Waals surface area (Å²) >= 11 is 5.99. The van der Waals surface area contributed by atoms with Crippen molar-refractivity contribution in [2.75, 3.05) is 6.61 Å². The fourth-order valence-corrected chi connectivity index (χ4v) is 1.91. The molecule has 1 aromatic rings. The van der Waals surface area contributed by atoms with E-state index in [-0.39, 0.29) is 25.4 Å². The van der Waals surface area contributed by atoms with Crippen molar-refractivity contribution in [3.63, 3.8) is 0 Å². The van der Waals surface area contributed by atoms with Crippen LogP contribution in [0.4, 0.5) is 0 Å². The third-order valence-electron chi connectivity index (χ3n) is 2.93. The number of carbonyl (C=O) groups is 2. The standard InChI is InChI=1S/C14H18ClNO4/c1-9-2-3-10(8-11(9)15)4-5-13(18)16-12(6-7-17)14(19)20/h2-3,8,12,17H,4-7H2,1H3,(H,16,18)(H,19,20)/t12-/m0/s1. The number of aliphatic hydroxyl groups excluding tert-OH is 1. The molecule has 0 saturated carbocycles. The van der Waals surface area contributed by atoms with E-state index in [0.29, 0.717) is 11.4 Å². The Labute approximate surface area is 122 Å². The molecule has 1 amide bonds. The van der Waals surface area contributed by atoms with Crippen molar-refractivity contribution in [1.82, 2.24) is 5.32 Å². The first-order valence-electron chi connectivity index (χ1n) is 6.32. The molecule has 1 rings (SSSR count). The first kappa shape index (κ1) is 16.5. The number of carbonyl (C=O) groups excluding carboxylic acids is 1. The van der Waals surface area contributed by atoms with Crippen molar-refractivity contribution < 1.29 is 19.8 Å². The van der Waals surface area contributed by atoms with E-state index >= 15 is 0 Å². The van der Waals surface area contributed by atoms with Gasteiger partial charge in [-0.15, -0.1) is 0 Å². The summed E-state index contributed by atoms with van der Waals surface area (Å²) in [6.07, 6.45) is 0.656. The highest BCUT2D eigenvalue weighted by Gasteiger charge is 2.18. The van der Waals surface area contributed by atoms with Gasteiger partial charge in [0.15, 0.2) is 0 Å². The van der Waals surface area contributed by atoms with Gasteiger partial charge in [0.05, 0.1) is 0 Å². The van der Waals surface area contributed by atoms with Gasteiger partial charge in [0.25, 0.3) is 0 Å². The van der Waals surface area contributed by atoms with E-state index in [1.807, 2.05) is 19.1 Å². The highest BCUT2D eigenvalue weighted by atomic mass is 35.5. The first-order chi connectivity index (χ1) is 9.43. The van der Waals surface area contributed by atoms with Crippen molar-refractivity contribution >= 4 is 23.5 Å². The average Bonchev–Trinajstić information content (AvgIpc) is 2.39. The molecule has 1 aromatic carbocycles. The van der Waals surface area contributed by atoms with E-state index in [4.69, 9.17) is 21.8 Å². The summed E-state index contributed by atoms with van der Waals surface area (Å²) in [6.45, 7) is 1.61. The van der Waals surface area contributed by atoms with Crippen LogP contribution in [-0.2, 0) is 16.0 Å². The minimum absolute atomic E-state index is 0.00255. The predicted molar refractivity (Wildman–Crippen MR) is 75.8 cm³/mol. The predicted octanol–water partition coefficient (Wildman–Crippen LogP) is 1.53. The number of benzene rings is 1. The summed E-state index contributed by atoms with van der Waals surface area (Å²) in [5.74, 6) is -1.51. The number of aliphatic hydroxyl groups is 1. The molecule has 0 bridgehead atoms. The topological polar surface area (TPSA) is 86.6 Å². The van der Waals surface area contributed by atoms with Gasteiger partial charge in [-0.1, -0.05) is 23.7 Å². The highest BCUT2D eigenvalue weighted by Crippen LogP contribution is 2.17. The van der Waals surface area contributed by atoms with Crippen molar-refractivity contribution in [1.29, 1.82) is 0 Å². The Morgan fingerprint density at radius 2 is 2.10 bits per heavy atom. The number of hydrogen-bond acceptors (Lipinski definition) is 3. The Morgan fingerprint density at radius 1 is 1.40 bits per heavy atom. The number of hydrogen-bond donors (Lipinski definition) is 3. The van der Waals surface area contributed by atoms with E-state index in [2.05, 4.69) is 5.32 Å². The molecular weight excluding hydrogens is 282 g/mol. The second-order valence-corrected chi connectivity index (χ2v) is 4.96. The smallest absolute Gasteiger partial charge is 0.326 e. The van der Waals surface area contributed by atoms with Gasteiger partial charge in [0.1, 0.15) is 6.04 Å². The molecule has 3 N–H and O–H groups in total. The summed E-state index contributed by atoms with van der Waals surface area (Å²) in [6, 6.07) is 4.51. The Balaban J connectivity index is 2.50. The summed E-state index contributed by atoms with van der Waals surface area (Å²) in [5.41, 5.74) is 1.89.